The third kappa shape index (κ3) is 4.15. The molecule has 0 radical (unpaired) electrons. The first-order valence-corrected chi connectivity index (χ1v) is 7.94. The minimum absolute atomic E-state index is 0.201. The Morgan fingerprint density at radius 2 is 1.88 bits per heavy atom. The van der Waals surface area contributed by atoms with Crippen LogP contribution in [0.1, 0.15) is 12.5 Å². The minimum atomic E-state index is -0.402. The van der Waals surface area contributed by atoms with Crippen LogP contribution in [0.15, 0.2) is 36.4 Å². The van der Waals surface area contributed by atoms with E-state index in [0.29, 0.717) is 35.2 Å². The Morgan fingerprint density at radius 1 is 1.08 bits per heavy atom. The van der Waals surface area contributed by atoms with Gasteiger partial charge in [-0.05, 0) is 35.9 Å². The van der Waals surface area contributed by atoms with Gasteiger partial charge >= 0.3 is 6.03 Å². The molecule has 8 heteroatoms. The molecule has 1 aliphatic rings. The first kappa shape index (κ1) is 17.4. The highest BCUT2D eigenvalue weighted by Gasteiger charge is 2.14. The smallest absolute Gasteiger partial charge is 0.319 e. The molecule has 0 spiro atoms. The minimum Gasteiger partial charge on any atom is -0.495 e. The van der Waals surface area contributed by atoms with Gasteiger partial charge in [-0.25, -0.2) is 4.79 Å². The van der Waals surface area contributed by atoms with Crippen LogP contribution in [0, 0.1) is 0 Å². The summed E-state index contributed by atoms with van der Waals surface area (Å²) in [6.07, 6.45) is 0. The van der Waals surface area contributed by atoms with Gasteiger partial charge in [0.15, 0.2) is 11.5 Å². The van der Waals surface area contributed by atoms with Crippen LogP contribution in [0.5, 0.6) is 17.2 Å². The van der Waals surface area contributed by atoms with E-state index in [-0.39, 0.29) is 12.7 Å². The monoisotopic (exact) mass is 357 g/mol. The van der Waals surface area contributed by atoms with E-state index in [4.69, 9.17) is 14.2 Å². The maximum Gasteiger partial charge on any atom is 0.319 e. The fourth-order valence-corrected chi connectivity index (χ4v) is 2.49. The van der Waals surface area contributed by atoms with Gasteiger partial charge in [-0.15, -0.1) is 0 Å². The summed E-state index contributed by atoms with van der Waals surface area (Å²) in [5.41, 5.74) is 1.88. The van der Waals surface area contributed by atoms with Crippen LogP contribution in [0.3, 0.4) is 0 Å². The van der Waals surface area contributed by atoms with Crippen molar-refractivity contribution in [3.63, 3.8) is 0 Å². The average Bonchev–Trinajstić information content (AvgIpc) is 3.07. The number of carbonyl (C=O) groups is 2. The number of anilines is 2. The van der Waals surface area contributed by atoms with Gasteiger partial charge in [-0.3, -0.25) is 4.79 Å². The first-order chi connectivity index (χ1) is 12.5. The van der Waals surface area contributed by atoms with Crippen LogP contribution in [-0.2, 0) is 11.3 Å². The van der Waals surface area contributed by atoms with E-state index < -0.39 is 6.03 Å². The number of hydrogen-bond acceptors (Lipinski definition) is 5. The Bertz CT molecular complexity index is 838. The van der Waals surface area contributed by atoms with Crippen LogP contribution in [0.4, 0.5) is 16.2 Å². The number of ether oxygens (including phenoxy) is 3. The van der Waals surface area contributed by atoms with Crippen LogP contribution < -0.4 is 30.2 Å². The Kier molecular flexibility index (Phi) is 5.12. The van der Waals surface area contributed by atoms with Gasteiger partial charge in [0.2, 0.25) is 12.7 Å². The summed E-state index contributed by atoms with van der Waals surface area (Å²) in [6.45, 7) is 1.93. The van der Waals surface area contributed by atoms with Crippen molar-refractivity contribution < 1.29 is 23.8 Å². The van der Waals surface area contributed by atoms with Crippen molar-refractivity contribution in [3.8, 4) is 17.2 Å². The maximum atomic E-state index is 12.2. The summed E-state index contributed by atoms with van der Waals surface area (Å²) in [5.74, 6) is 1.64. The lowest BCUT2D eigenvalue weighted by atomic mass is 10.2. The van der Waals surface area contributed by atoms with Crippen molar-refractivity contribution in [3.05, 3.63) is 42.0 Å². The van der Waals surface area contributed by atoms with Crippen LogP contribution in [-0.4, -0.2) is 25.8 Å². The molecule has 0 aromatic heterocycles. The molecule has 1 aliphatic heterocycles. The summed E-state index contributed by atoms with van der Waals surface area (Å²) >= 11 is 0. The number of fused-ring (bicyclic) bond motifs is 1. The highest BCUT2D eigenvalue weighted by Crippen LogP contribution is 2.32. The Labute approximate surface area is 150 Å². The second-order valence-electron chi connectivity index (χ2n) is 5.59. The third-order valence-corrected chi connectivity index (χ3v) is 3.66. The van der Waals surface area contributed by atoms with Crippen molar-refractivity contribution in [2.24, 2.45) is 0 Å². The fourth-order valence-electron chi connectivity index (χ4n) is 2.49. The van der Waals surface area contributed by atoms with Crippen LogP contribution in [0.25, 0.3) is 0 Å². The molecule has 3 rings (SSSR count). The molecular weight excluding hydrogens is 338 g/mol. The second kappa shape index (κ2) is 7.64. The lowest BCUT2D eigenvalue weighted by Gasteiger charge is -2.13. The molecule has 0 fully saturated rings. The van der Waals surface area contributed by atoms with Crippen LogP contribution in [0.2, 0.25) is 0 Å². The van der Waals surface area contributed by atoms with Crippen LogP contribution >= 0.6 is 0 Å². The van der Waals surface area contributed by atoms with E-state index in [0.717, 1.165) is 5.56 Å². The predicted molar refractivity (Wildman–Crippen MR) is 95.7 cm³/mol. The molecule has 0 saturated heterocycles. The lowest BCUT2D eigenvalue weighted by Crippen LogP contribution is -2.28. The molecule has 2 aromatic carbocycles. The molecule has 8 nitrogen and oxygen atoms in total. The molecule has 0 unspecified atom stereocenters. The highest BCUT2D eigenvalue weighted by atomic mass is 16.7. The molecule has 26 heavy (non-hydrogen) atoms. The number of rotatable bonds is 5. The molecule has 3 amide bonds. The number of amides is 3. The van der Waals surface area contributed by atoms with Gasteiger partial charge < -0.3 is 30.2 Å². The number of nitrogens with one attached hydrogen (secondary N) is 3. The van der Waals surface area contributed by atoms with Crippen molar-refractivity contribution in [2.75, 3.05) is 24.5 Å². The predicted octanol–water partition coefficient (Wildman–Crippen LogP) is 2.70. The summed E-state index contributed by atoms with van der Waals surface area (Å²) in [6, 6.07) is 10.1. The van der Waals surface area contributed by atoms with Gasteiger partial charge in [-0.1, -0.05) is 6.07 Å². The van der Waals surface area contributed by atoms with E-state index in [1.165, 1.54) is 14.0 Å². The Hall–Kier alpha value is -3.42. The zero-order chi connectivity index (χ0) is 18.5. The SMILES string of the molecule is COc1ccc(NC(C)=O)cc1NC(=O)NCc1ccc2c(c1)OCO2. The van der Waals surface area contributed by atoms with E-state index in [2.05, 4.69) is 16.0 Å². The van der Waals surface area contributed by atoms with Gasteiger partial charge in [0.25, 0.3) is 0 Å². The van der Waals surface area contributed by atoms with Crippen molar-refractivity contribution in [1.82, 2.24) is 5.32 Å². The lowest BCUT2D eigenvalue weighted by molar-refractivity contribution is -0.114. The van der Waals surface area contributed by atoms with Crippen molar-refractivity contribution in [2.45, 2.75) is 13.5 Å². The molecule has 0 bridgehead atoms. The molecule has 0 atom stereocenters. The van der Waals surface area contributed by atoms with E-state index in [1.54, 1.807) is 24.3 Å². The fraction of sp³-hybridized carbons (Fsp3) is 0.222. The van der Waals surface area contributed by atoms with Gasteiger partial charge in [0, 0.05) is 19.2 Å². The summed E-state index contributed by atoms with van der Waals surface area (Å²) < 4.78 is 15.8. The van der Waals surface area contributed by atoms with Crippen molar-refractivity contribution >= 4 is 23.3 Å². The first-order valence-electron chi connectivity index (χ1n) is 7.94. The normalized spacial score (nSPS) is 11.6. The zero-order valence-electron chi connectivity index (χ0n) is 14.4. The maximum absolute atomic E-state index is 12.2. The molecule has 136 valence electrons. The second-order valence-corrected chi connectivity index (χ2v) is 5.59. The summed E-state index contributed by atoms with van der Waals surface area (Å²) in [7, 11) is 1.50. The Balaban J connectivity index is 1.63. The van der Waals surface area contributed by atoms with E-state index in [9.17, 15) is 9.59 Å². The quantitative estimate of drug-likeness (QED) is 0.764. The molecule has 2 aromatic rings. The average molecular weight is 357 g/mol. The number of urea groups is 1. The number of methoxy groups -OCH3 is 1. The Morgan fingerprint density at radius 3 is 2.65 bits per heavy atom. The van der Waals surface area contributed by atoms with Gasteiger partial charge in [-0.2, -0.15) is 0 Å². The number of carbonyl (C=O) groups excluding carboxylic acids is 2. The molecular formula is C18H19N3O5. The molecule has 1 heterocycles. The molecule has 0 aliphatic carbocycles. The third-order valence-electron chi connectivity index (χ3n) is 3.66. The molecule has 0 saturated carbocycles. The van der Waals surface area contributed by atoms with E-state index in [1.807, 2.05) is 12.1 Å². The summed E-state index contributed by atoms with van der Waals surface area (Å²) in [4.78, 5) is 23.4. The largest absolute Gasteiger partial charge is 0.495 e. The van der Waals surface area contributed by atoms with Gasteiger partial charge in [0.1, 0.15) is 5.75 Å². The number of benzene rings is 2. The zero-order valence-corrected chi connectivity index (χ0v) is 14.4. The number of hydrogen-bond donors (Lipinski definition) is 3. The van der Waals surface area contributed by atoms with Crippen molar-refractivity contribution in [1.29, 1.82) is 0 Å². The standard InChI is InChI=1S/C18H19N3O5/c1-11(22)20-13-4-6-15(24-2)14(8-13)21-18(23)19-9-12-3-5-16-17(7-12)26-10-25-16/h3-8H,9-10H2,1-2H3,(H,20,22)(H2,19,21,23). The summed E-state index contributed by atoms with van der Waals surface area (Å²) in [5, 5.41) is 8.14. The molecule has 3 N–H and O–H groups in total. The van der Waals surface area contributed by atoms with Gasteiger partial charge in [0.05, 0.1) is 12.8 Å². The topological polar surface area (TPSA) is 97.9 Å². The highest BCUT2D eigenvalue weighted by molar-refractivity contribution is 5.94. The van der Waals surface area contributed by atoms with E-state index >= 15 is 0 Å².